The molecule has 1 N–H and O–H groups in total. The number of hydrogen-bond donors (Lipinski definition) is 1. The third-order valence-electron chi connectivity index (χ3n) is 8.28. The lowest BCUT2D eigenvalue weighted by Gasteiger charge is -2.34. The summed E-state index contributed by atoms with van der Waals surface area (Å²) in [5.74, 6) is -0.661. The largest absolute Gasteiger partial charge is 0.352 e. The van der Waals surface area contributed by atoms with Gasteiger partial charge in [0.15, 0.2) is 0 Å². The van der Waals surface area contributed by atoms with Gasteiger partial charge in [-0.05, 0) is 59.0 Å². The van der Waals surface area contributed by atoms with Crippen molar-refractivity contribution >= 4 is 48.5 Å². The standard InChI is InChI=1S/C35H38BrN3O4S/c1-38(44(42,43)32-21-18-28-12-8-9-13-29(28)23-32)25-34(40)39(24-27-16-19-30(36)20-17-27)33(22-26-10-4-2-5-11-26)35(41)37-31-14-6-3-7-15-31/h2,4-5,8-13,16-21,23,31,33H,3,6-7,14-15,22,24-25H2,1H3,(H,37,41)/t33-/m1/s1. The van der Waals surface area contributed by atoms with Crippen LogP contribution in [0, 0.1) is 0 Å². The van der Waals surface area contributed by atoms with Gasteiger partial charge in [-0.3, -0.25) is 9.59 Å². The Hall–Kier alpha value is -3.53. The number of likely N-dealkylation sites (N-methyl/N-ethyl adjacent to an activating group) is 1. The molecule has 44 heavy (non-hydrogen) atoms. The van der Waals surface area contributed by atoms with E-state index >= 15 is 0 Å². The summed E-state index contributed by atoms with van der Waals surface area (Å²) in [7, 11) is -2.57. The van der Waals surface area contributed by atoms with Crippen molar-refractivity contribution in [1.82, 2.24) is 14.5 Å². The lowest BCUT2D eigenvalue weighted by molar-refractivity contribution is -0.141. The average Bonchev–Trinajstić information content (AvgIpc) is 3.04. The fourth-order valence-electron chi connectivity index (χ4n) is 5.76. The predicted octanol–water partition coefficient (Wildman–Crippen LogP) is 6.31. The van der Waals surface area contributed by atoms with Gasteiger partial charge < -0.3 is 10.2 Å². The number of amides is 2. The quantitative estimate of drug-likeness (QED) is 0.202. The van der Waals surface area contributed by atoms with Crippen molar-refractivity contribution in [1.29, 1.82) is 0 Å². The van der Waals surface area contributed by atoms with Gasteiger partial charge in [0.1, 0.15) is 6.04 Å². The Kier molecular flexibility index (Phi) is 10.5. The van der Waals surface area contributed by atoms with Crippen LogP contribution in [-0.2, 0) is 32.6 Å². The topological polar surface area (TPSA) is 86.8 Å². The maximum Gasteiger partial charge on any atom is 0.243 e. The van der Waals surface area contributed by atoms with Crippen LogP contribution >= 0.6 is 15.9 Å². The third-order valence-corrected chi connectivity index (χ3v) is 10.6. The molecular formula is C35H38BrN3O4S. The molecule has 2 amide bonds. The van der Waals surface area contributed by atoms with Crippen LogP contribution in [-0.4, -0.2) is 55.1 Å². The maximum atomic E-state index is 14.2. The Morgan fingerprint density at radius 3 is 2.20 bits per heavy atom. The number of carbonyl (C=O) groups is 2. The molecule has 9 heteroatoms. The first-order chi connectivity index (χ1) is 21.2. The first kappa shape index (κ1) is 31.9. The van der Waals surface area contributed by atoms with Gasteiger partial charge in [0.25, 0.3) is 0 Å². The first-order valence-corrected chi connectivity index (χ1v) is 17.3. The van der Waals surface area contributed by atoms with Crippen LogP contribution in [0.3, 0.4) is 0 Å². The zero-order valence-corrected chi connectivity index (χ0v) is 27.3. The summed E-state index contributed by atoms with van der Waals surface area (Å²) in [5.41, 5.74) is 1.76. The smallest absolute Gasteiger partial charge is 0.243 e. The van der Waals surface area contributed by atoms with Gasteiger partial charge in [-0.1, -0.05) is 108 Å². The van der Waals surface area contributed by atoms with Crippen LogP contribution in [0.2, 0.25) is 0 Å². The molecule has 4 aromatic carbocycles. The SMILES string of the molecule is CN(CC(=O)N(Cc1ccc(Br)cc1)[C@H](Cc1ccccc1)C(=O)NC1CCCCC1)S(=O)(=O)c1ccc2ccccc2c1. The number of sulfonamides is 1. The molecule has 1 atom stereocenters. The van der Waals surface area contributed by atoms with Crippen molar-refractivity contribution < 1.29 is 18.0 Å². The number of fused-ring (bicyclic) bond motifs is 1. The van der Waals surface area contributed by atoms with Crippen molar-refractivity contribution in [2.45, 2.75) is 62.0 Å². The maximum absolute atomic E-state index is 14.2. The second kappa shape index (κ2) is 14.5. The Morgan fingerprint density at radius 1 is 0.841 bits per heavy atom. The number of halogens is 1. The summed E-state index contributed by atoms with van der Waals surface area (Å²) < 4.78 is 29.3. The summed E-state index contributed by atoms with van der Waals surface area (Å²) in [6, 6.07) is 28.9. The molecule has 0 bridgehead atoms. The van der Waals surface area contributed by atoms with E-state index in [1.807, 2.05) is 78.9 Å². The number of nitrogens with zero attached hydrogens (tertiary/aromatic N) is 2. The highest BCUT2D eigenvalue weighted by atomic mass is 79.9. The van der Waals surface area contributed by atoms with Crippen LogP contribution in [0.15, 0.2) is 106 Å². The van der Waals surface area contributed by atoms with Crippen LogP contribution in [0.4, 0.5) is 0 Å². The van der Waals surface area contributed by atoms with Crippen LogP contribution in [0.25, 0.3) is 10.8 Å². The fraction of sp³-hybridized carbons (Fsp3) is 0.314. The van der Waals surface area contributed by atoms with Crippen molar-refractivity contribution in [3.63, 3.8) is 0 Å². The number of rotatable bonds is 11. The molecule has 1 saturated carbocycles. The van der Waals surface area contributed by atoms with Gasteiger partial charge in [-0.15, -0.1) is 0 Å². The molecule has 1 aliphatic rings. The molecule has 5 rings (SSSR count). The second-order valence-electron chi connectivity index (χ2n) is 11.5. The number of benzene rings is 4. The molecule has 0 aliphatic heterocycles. The fourth-order valence-corrected chi connectivity index (χ4v) is 7.18. The van der Waals surface area contributed by atoms with Crippen LogP contribution in [0.5, 0.6) is 0 Å². The van der Waals surface area contributed by atoms with Crippen molar-refractivity contribution in [3.05, 3.63) is 113 Å². The van der Waals surface area contributed by atoms with Gasteiger partial charge in [0, 0.05) is 30.5 Å². The third kappa shape index (κ3) is 7.94. The number of nitrogens with one attached hydrogen (secondary N) is 1. The van der Waals surface area contributed by atoms with Crippen molar-refractivity contribution in [2.75, 3.05) is 13.6 Å². The zero-order valence-electron chi connectivity index (χ0n) is 24.9. The summed E-state index contributed by atoms with van der Waals surface area (Å²) in [6.45, 7) is -0.251. The summed E-state index contributed by atoms with van der Waals surface area (Å²) in [4.78, 5) is 29.8. The monoisotopic (exact) mass is 675 g/mol. The Bertz CT molecular complexity index is 1690. The van der Waals surface area contributed by atoms with E-state index in [4.69, 9.17) is 0 Å². The average molecular weight is 677 g/mol. The van der Waals surface area contributed by atoms with E-state index in [-0.39, 0.29) is 23.4 Å². The minimum Gasteiger partial charge on any atom is -0.352 e. The predicted molar refractivity (Wildman–Crippen MR) is 177 cm³/mol. The second-order valence-corrected chi connectivity index (χ2v) is 14.4. The van der Waals surface area contributed by atoms with E-state index in [2.05, 4.69) is 21.2 Å². The molecule has 230 valence electrons. The molecule has 1 aliphatic carbocycles. The van der Waals surface area contributed by atoms with Gasteiger partial charge in [0.05, 0.1) is 11.4 Å². The van der Waals surface area contributed by atoms with E-state index < -0.39 is 28.5 Å². The summed E-state index contributed by atoms with van der Waals surface area (Å²) in [6.07, 6.45) is 5.42. The van der Waals surface area contributed by atoms with E-state index in [1.165, 1.54) is 7.05 Å². The van der Waals surface area contributed by atoms with Gasteiger partial charge in [-0.2, -0.15) is 4.31 Å². The van der Waals surface area contributed by atoms with E-state index in [9.17, 15) is 18.0 Å². The van der Waals surface area contributed by atoms with Gasteiger partial charge in [0.2, 0.25) is 21.8 Å². The summed E-state index contributed by atoms with van der Waals surface area (Å²) >= 11 is 3.47. The van der Waals surface area contributed by atoms with Crippen LogP contribution in [0.1, 0.15) is 43.2 Å². The molecule has 0 heterocycles. The Labute approximate surface area is 268 Å². The van der Waals surface area contributed by atoms with Crippen molar-refractivity contribution in [2.24, 2.45) is 0 Å². The normalized spacial score (nSPS) is 14.8. The van der Waals surface area contributed by atoms with E-state index in [0.29, 0.717) is 6.42 Å². The van der Waals surface area contributed by atoms with Crippen molar-refractivity contribution in [3.8, 4) is 0 Å². The van der Waals surface area contributed by atoms with E-state index in [1.54, 1.807) is 23.1 Å². The highest BCUT2D eigenvalue weighted by molar-refractivity contribution is 9.10. The molecule has 0 saturated heterocycles. The Balaban J connectivity index is 1.45. The molecule has 0 radical (unpaired) electrons. The molecule has 0 unspecified atom stereocenters. The van der Waals surface area contributed by atoms with E-state index in [0.717, 1.165) is 62.8 Å². The number of hydrogen-bond acceptors (Lipinski definition) is 4. The molecule has 7 nitrogen and oxygen atoms in total. The molecule has 0 aromatic heterocycles. The first-order valence-electron chi connectivity index (χ1n) is 15.0. The zero-order chi connectivity index (χ0) is 31.1. The van der Waals surface area contributed by atoms with Gasteiger partial charge >= 0.3 is 0 Å². The lowest BCUT2D eigenvalue weighted by Crippen LogP contribution is -2.54. The van der Waals surface area contributed by atoms with Crippen LogP contribution < -0.4 is 5.32 Å². The molecule has 0 spiro atoms. The molecular weight excluding hydrogens is 638 g/mol. The minimum atomic E-state index is -3.99. The highest BCUT2D eigenvalue weighted by Crippen LogP contribution is 2.23. The summed E-state index contributed by atoms with van der Waals surface area (Å²) in [5, 5.41) is 4.95. The molecule has 4 aromatic rings. The van der Waals surface area contributed by atoms with Gasteiger partial charge in [-0.25, -0.2) is 8.42 Å². The highest BCUT2D eigenvalue weighted by Gasteiger charge is 2.34. The lowest BCUT2D eigenvalue weighted by atomic mass is 9.94. The number of carbonyl (C=O) groups excluding carboxylic acids is 2. The Morgan fingerprint density at radius 2 is 1.50 bits per heavy atom. The molecule has 1 fully saturated rings. The minimum absolute atomic E-state index is 0.0649.